The fraction of sp³-hybridized carbons (Fsp3) is 0.488. The van der Waals surface area contributed by atoms with Crippen molar-refractivity contribution in [2.75, 3.05) is 62.4 Å². The molecule has 0 bridgehead atoms. The third-order valence-corrected chi connectivity index (χ3v) is 12.9. The van der Waals surface area contributed by atoms with Gasteiger partial charge < -0.3 is 28.7 Å². The van der Waals surface area contributed by atoms with E-state index in [9.17, 15) is 4.39 Å². The number of fused-ring (bicyclic) bond motifs is 4. The third-order valence-electron chi connectivity index (χ3n) is 12.1. The van der Waals surface area contributed by atoms with Crippen molar-refractivity contribution in [3.8, 4) is 6.01 Å². The molecule has 4 aromatic rings. The monoisotopic (exact) mass is 797 g/mol. The zero-order valence-electron chi connectivity index (χ0n) is 31.0. The lowest BCUT2D eigenvalue weighted by atomic mass is 9.80. The van der Waals surface area contributed by atoms with Crippen LogP contribution >= 0.6 is 15.9 Å². The van der Waals surface area contributed by atoms with Crippen molar-refractivity contribution in [3.63, 3.8) is 0 Å². The van der Waals surface area contributed by atoms with Gasteiger partial charge in [0.05, 0.1) is 42.8 Å². The summed E-state index contributed by atoms with van der Waals surface area (Å²) < 4.78 is 41.7. The molecule has 0 N–H and O–H groups in total. The Morgan fingerprint density at radius 3 is 2.50 bits per heavy atom. The summed E-state index contributed by atoms with van der Waals surface area (Å²) in [5.41, 5.74) is 6.62. The summed E-state index contributed by atoms with van der Waals surface area (Å²) in [7, 11) is 0. The van der Waals surface area contributed by atoms with E-state index in [4.69, 9.17) is 28.9 Å². The van der Waals surface area contributed by atoms with Gasteiger partial charge in [-0.05, 0) is 71.4 Å². The Bertz CT molecular complexity index is 1910. The maximum absolute atomic E-state index is 14.7. The first-order valence-electron chi connectivity index (χ1n) is 19.6. The van der Waals surface area contributed by atoms with Crippen LogP contribution in [0.3, 0.4) is 0 Å². The first-order valence-corrected chi connectivity index (χ1v) is 20.3. The molecule has 0 aliphatic carbocycles. The lowest BCUT2D eigenvalue weighted by Crippen LogP contribution is -2.46. The first kappa shape index (κ1) is 36.1. The van der Waals surface area contributed by atoms with E-state index in [2.05, 4.69) is 110 Å². The molecule has 3 fully saturated rings. The van der Waals surface area contributed by atoms with Gasteiger partial charge in [-0.1, -0.05) is 66.7 Å². The average molecular weight is 799 g/mol. The average Bonchev–Trinajstić information content (AvgIpc) is 3.57. The summed E-state index contributed by atoms with van der Waals surface area (Å²) in [5, 5.41) is 0. The van der Waals surface area contributed by atoms with Crippen LogP contribution in [0.1, 0.15) is 72.2 Å². The summed E-state index contributed by atoms with van der Waals surface area (Å²) in [4.78, 5) is 17.2. The van der Waals surface area contributed by atoms with Crippen molar-refractivity contribution in [3.05, 3.63) is 111 Å². The van der Waals surface area contributed by atoms with Gasteiger partial charge in [-0.2, -0.15) is 9.97 Å². The van der Waals surface area contributed by atoms with Crippen molar-refractivity contribution in [1.29, 1.82) is 0 Å². The summed E-state index contributed by atoms with van der Waals surface area (Å²) in [6.45, 7) is 9.03. The molecule has 11 heteroatoms. The highest BCUT2D eigenvalue weighted by Crippen LogP contribution is 2.51. The van der Waals surface area contributed by atoms with E-state index < -0.39 is 11.8 Å². The van der Waals surface area contributed by atoms with E-state index in [1.54, 1.807) is 0 Å². The van der Waals surface area contributed by atoms with Gasteiger partial charge in [0, 0.05) is 67.8 Å². The summed E-state index contributed by atoms with van der Waals surface area (Å²) >= 11 is 4.17. The number of ether oxygens (including phenoxy) is 4. The maximum atomic E-state index is 14.7. The fourth-order valence-electron chi connectivity index (χ4n) is 9.39. The first-order chi connectivity index (χ1) is 26.4. The fourth-order valence-corrected chi connectivity index (χ4v) is 10.4. The normalized spacial score (nSPS) is 26.6. The number of anilines is 2. The van der Waals surface area contributed by atoms with Crippen LogP contribution in [0.5, 0.6) is 6.01 Å². The molecule has 6 heterocycles. The second kappa shape index (κ2) is 15.1. The van der Waals surface area contributed by atoms with Gasteiger partial charge in [-0.3, -0.25) is 4.90 Å². The highest BCUT2D eigenvalue weighted by Gasteiger charge is 2.50. The van der Waals surface area contributed by atoms with Gasteiger partial charge in [0.25, 0.3) is 0 Å². The van der Waals surface area contributed by atoms with Gasteiger partial charge in [0.1, 0.15) is 24.2 Å². The smallest absolute Gasteiger partial charge is 0.318 e. The molecule has 4 atom stereocenters. The quantitative estimate of drug-likeness (QED) is 0.170. The van der Waals surface area contributed by atoms with Gasteiger partial charge >= 0.3 is 6.01 Å². The number of benzene rings is 3. The lowest BCUT2D eigenvalue weighted by Gasteiger charge is -2.45. The Kier molecular flexibility index (Phi) is 10.1. The second-order valence-corrected chi connectivity index (χ2v) is 16.5. The standard InChI is InChI=1S/C43H49BrFN5O4/c1-30-34-14-15-37(49(24-31-10-4-2-5-11-31)25-32-12-6-3-7-13-32)39(44)38(34)43(29-52-30)23-36-35(27-54-43)40(48-17-9-20-51-21-19-48)47-41(46-36)53-28-42-16-8-18-50(42)26-33(45)22-42/h2-7,10-15,30,33H,8-9,16-29H2,1H3/t30?,33-,42+,43?/m1/s1. The summed E-state index contributed by atoms with van der Waals surface area (Å²) in [6.07, 6.45) is 2.97. The van der Waals surface area contributed by atoms with Crippen molar-refractivity contribution in [1.82, 2.24) is 14.9 Å². The SMILES string of the molecule is CC1OCC2(Cc3nc(OC[C@@]45CCCN4C[C@H](F)C5)nc(N4CCCOCC4)c3CO2)c2c1ccc(N(Cc1ccccc1)Cc1ccccc1)c2Br. The molecular formula is C43H49BrFN5O4. The molecule has 0 amide bonds. The minimum atomic E-state index is -0.823. The van der Waals surface area contributed by atoms with Gasteiger partial charge in [-0.15, -0.1) is 0 Å². The number of hydrogen-bond donors (Lipinski definition) is 0. The molecule has 5 aliphatic heterocycles. The van der Waals surface area contributed by atoms with Crippen molar-refractivity contribution < 1.29 is 23.3 Å². The molecule has 0 radical (unpaired) electrons. The Labute approximate surface area is 325 Å². The van der Waals surface area contributed by atoms with Crippen molar-refractivity contribution in [2.45, 2.75) is 82.1 Å². The molecule has 284 valence electrons. The molecule has 1 spiro atoms. The van der Waals surface area contributed by atoms with Crippen LogP contribution in [-0.2, 0) is 45.9 Å². The minimum absolute atomic E-state index is 0.103. The molecule has 1 aromatic heterocycles. The summed E-state index contributed by atoms with van der Waals surface area (Å²) in [6, 6.07) is 26.0. The minimum Gasteiger partial charge on any atom is -0.461 e. The molecule has 3 aromatic carbocycles. The number of alkyl halides is 1. The maximum Gasteiger partial charge on any atom is 0.318 e. The number of nitrogens with zero attached hydrogens (tertiary/aromatic N) is 5. The van der Waals surface area contributed by atoms with Crippen LogP contribution in [0.4, 0.5) is 15.9 Å². The Morgan fingerprint density at radius 2 is 1.72 bits per heavy atom. The zero-order valence-corrected chi connectivity index (χ0v) is 32.6. The molecule has 54 heavy (non-hydrogen) atoms. The van der Waals surface area contributed by atoms with E-state index in [0.29, 0.717) is 51.8 Å². The van der Waals surface area contributed by atoms with Gasteiger partial charge in [-0.25, -0.2) is 4.39 Å². The Morgan fingerprint density at radius 1 is 0.944 bits per heavy atom. The van der Waals surface area contributed by atoms with Crippen molar-refractivity contribution in [2.24, 2.45) is 0 Å². The van der Waals surface area contributed by atoms with E-state index in [-0.39, 0.29) is 11.6 Å². The Hall–Kier alpha value is -3.61. The predicted molar refractivity (Wildman–Crippen MR) is 210 cm³/mol. The van der Waals surface area contributed by atoms with Crippen LogP contribution < -0.4 is 14.5 Å². The molecule has 3 saturated heterocycles. The van der Waals surface area contributed by atoms with Crippen LogP contribution in [0.15, 0.2) is 77.3 Å². The van der Waals surface area contributed by atoms with E-state index in [1.807, 2.05) is 0 Å². The molecule has 5 aliphatic rings. The predicted octanol–water partition coefficient (Wildman–Crippen LogP) is 7.69. The Balaban J connectivity index is 1.09. The number of halogens is 2. The highest BCUT2D eigenvalue weighted by molar-refractivity contribution is 9.10. The van der Waals surface area contributed by atoms with Gasteiger partial charge in [0.2, 0.25) is 0 Å². The molecule has 9 rings (SSSR count). The van der Waals surface area contributed by atoms with E-state index in [0.717, 1.165) is 97.0 Å². The van der Waals surface area contributed by atoms with Crippen molar-refractivity contribution >= 4 is 27.4 Å². The number of aromatic nitrogens is 2. The molecule has 9 nitrogen and oxygen atoms in total. The lowest BCUT2D eigenvalue weighted by molar-refractivity contribution is -0.148. The second-order valence-electron chi connectivity index (χ2n) is 15.7. The van der Waals surface area contributed by atoms with Gasteiger partial charge in [0.15, 0.2) is 0 Å². The highest BCUT2D eigenvalue weighted by atomic mass is 79.9. The third kappa shape index (κ3) is 6.91. The number of hydrogen-bond acceptors (Lipinski definition) is 9. The summed E-state index contributed by atoms with van der Waals surface area (Å²) in [5.74, 6) is 0.848. The van der Waals surface area contributed by atoms with Crippen LogP contribution in [-0.4, -0.2) is 79.2 Å². The van der Waals surface area contributed by atoms with Crippen LogP contribution in [0.2, 0.25) is 0 Å². The molecule has 2 unspecified atom stereocenters. The van der Waals surface area contributed by atoms with E-state index >= 15 is 0 Å². The molecular weight excluding hydrogens is 749 g/mol. The zero-order chi connectivity index (χ0) is 36.7. The van der Waals surface area contributed by atoms with Crippen LogP contribution in [0, 0.1) is 0 Å². The van der Waals surface area contributed by atoms with E-state index in [1.165, 1.54) is 11.1 Å². The number of rotatable bonds is 9. The topological polar surface area (TPSA) is 72.4 Å². The van der Waals surface area contributed by atoms with Crippen LogP contribution in [0.25, 0.3) is 0 Å². The molecule has 0 saturated carbocycles. The largest absolute Gasteiger partial charge is 0.461 e.